The molecule has 1 aromatic heterocycles. The second kappa shape index (κ2) is 8.97. The number of nitrogens with one attached hydrogen (secondary N) is 1. The monoisotopic (exact) mass is 392 g/mol. The van der Waals surface area contributed by atoms with Gasteiger partial charge in [-0.15, -0.1) is 0 Å². The summed E-state index contributed by atoms with van der Waals surface area (Å²) in [5, 5.41) is 2.89. The Labute approximate surface area is 175 Å². The summed E-state index contributed by atoms with van der Waals surface area (Å²) in [4.78, 5) is 29.8. The Bertz CT molecular complexity index is 1150. The minimum absolute atomic E-state index is 0.172. The lowest BCUT2D eigenvalue weighted by Gasteiger charge is -2.10. The van der Waals surface area contributed by atoms with Crippen LogP contribution in [0.25, 0.3) is 0 Å². The number of rotatable bonds is 6. The Balaban J connectivity index is 1.50. The first-order valence-electron chi connectivity index (χ1n) is 9.69. The number of carbonyl (C=O) groups excluding carboxylic acids is 2. The van der Waals surface area contributed by atoms with E-state index in [9.17, 15) is 9.59 Å². The quantitative estimate of drug-likeness (QED) is 0.461. The molecule has 0 fully saturated rings. The van der Waals surface area contributed by atoms with Crippen LogP contribution in [0.3, 0.4) is 0 Å². The van der Waals surface area contributed by atoms with Gasteiger partial charge >= 0.3 is 0 Å². The van der Waals surface area contributed by atoms with Crippen molar-refractivity contribution in [2.24, 2.45) is 0 Å². The molecular weight excluding hydrogens is 372 g/mol. The van der Waals surface area contributed by atoms with E-state index in [0.717, 1.165) is 12.0 Å². The third kappa shape index (κ3) is 4.50. The molecular formula is C26H20N2O2. The van der Waals surface area contributed by atoms with Crippen molar-refractivity contribution in [1.29, 1.82) is 0 Å². The van der Waals surface area contributed by atoms with Crippen molar-refractivity contribution >= 4 is 17.4 Å². The van der Waals surface area contributed by atoms with Gasteiger partial charge in [0, 0.05) is 29.2 Å². The molecule has 3 aromatic carbocycles. The second-order valence-corrected chi connectivity index (χ2v) is 6.92. The number of carbonyl (C=O) groups is 2. The number of aromatic nitrogens is 1. The van der Waals surface area contributed by atoms with Gasteiger partial charge in [0.2, 0.25) is 0 Å². The molecule has 0 radical (unpaired) electrons. The fourth-order valence-corrected chi connectivity index (χ4v) is 3.26. The molecule has 0 aliphatic heterocycles. The number of nitrogens with zero attached hydrogens (tertiary/aromatic N) is 1. The van der Waals surface area contributed by atoms with Crippen molar-refractivity contribution in [3.8, 4) is 0 Å². The predicted molar refractivity (Wildman–Crippen MR) is 118 cm³/mol. The highest BCUT2D eigenvalue weighted by Crippen LogP contribution is 2.18. The van der Waals surface area contributed by atoms with E-state index in [1.54, 1.807) is 48.8 Å². The van der Waals surface area contributed by atoms with E-state index in [1.165, 1.54) is 5.56 Å². The molecule has 1 heterocycles. The highest BCUT2D eigenvalue weighted by atomic mass is 16.2. The minimum atomic E-state index is -0.309. The standard InChI is InChI=1S/C26H20N2O2/c29-25(21-6-2-1-3-7-21)23-8-4-5-9-24(23)26(30)28-22-12-10-19(11-13-22)18-20-14-16-27-17-15-20/h1-17H,18H2,(H,28,30). The normalized spacial score (nSPS) is 10.4. The summed E-state index contributed by atoms with van der Waals surface area (Å²) in [7, 11) is 0. The molecule has 4 heteroatoms. The SMILES string of the molecule is O=C(Nc1ccc(Cc2ccncc2)cc1)c1ccccc1C(=O)c1ccccc1. The summed E-state index contributed by atoms with van der Waals surface area (Å²) < 4.78 is 0. The van der Waals surface area contributed by atoms with Crippen LogP contribution in [0, 0.1) is 0 Å². The molecule has 4 nitrogen and oxygen atoms in total. The molecule has 0 unspecified atom stereocenters. The highest BCUT2D eigenvalue weighted by Gasteiger charge is 2.18. The van der Waals surface area contributed by atoms with Gasteiger partial charge < -0.3 is 5.32 Å². The van der Waals surface area contributed by atoms with E-state index in [1.807, 2.05) is 54.6 Å². The Kier molecular flexibility index (Phi) is 5.76. The number of anilines is 1. The summed E-state index contributed by atoms with van der Waals surface area (Å²) in [6, 6.07) is 27.5. The maximum atomic E-state index is 12.9. The van der Waals surface area contributed by atoms with Crippen LogP contribution in [0.2, 0.25) is 0 Å². The van der Waals surface area contributed by atoms with Crippen LogP contribution in [0.1, 0.15) is 37.4 Å². The number of hydrogen-bond acceptors (Lipinski definition) is 3. The van der Waals surface area contributed by atoms with Gasteiger partial charge in [-0.05, 0) is 47.9 Å². The van der Waals surface area contributed by atoms with E-state index in [0.29, 0.717) is 22.4 Å². The smallest absolute Gasteiger partial charge is 0.256 e. The van der Waals surface area contributed by atoms with Crippen molar-refractivity contribution in [3.63, 3.8) is 0 Å². The predicted octanol–water partition coefficient (Wildman–Crippen LogP) is 5.16. The van der Waals surface area contributed by atoms with E-state index >= 15 is 0 Å². The van der Waals surface area contributed by atoms with Crippen LogP contribution in [0.15, 0.2) is 103 Å². The summed E-state index contributed by atoms with van der Waals surface area (Å²) in [6.07, 6.45) is 4.35. The van der Waals surface area contributed by atoms with E-state index in [4.69, 9.17) is 0 Å². The van der Waals surface area contributed by atoms with Crippen LogP contribution in [-0.4, -0.2) is 16.7 Å². The van der Waals surface area contributed by atoms with E-state index < -0.39 is 0 Å². The summed E-state index contributed by atoms with van der Waals surface area (Å²) >= 11 is 0. The van der Waals surface area contributed by atoms with Gasteiger partial charge in [-0.3, -0.25) is 14.6 Å². The minimum Gasteiger partial charge on any atom is -0.322 e. The van der Waals surface area contributed by atoms with Crippen molar-refractivity contribution in [1.82, 2.24) is 4.98 Å². The number of ketones is 1. The Morgan fingerprint density at radius 2 is 1.27 bits per heavy atom. The molecule has 146 valence electrons. The van der Waals surface area contributed by atoms with Gasteiger partial charge in [0.1, 0.15) is 0 Å². The van der Waals surface area contributed by atoms with Gasteiger partial charge in [0.05, 0.1) is 5.56 Å². The van der Waals surface area contributed by atoms with Crippen molar-refractivity contribution in [2.75, 3.05) is 5.32 Å². The van der Waals surface area contributed by atoms with Crippen LogP contribution >= 0.6 is 0 Å². The zero-order valence-electron chi connectivity index (χ0n) is 16.3. The molecule has 0 spiro atoms. The first-order chi connectivity index (χ1) is 14.7. The molecule has 30 heavy (non-hydrogen) atoms. The van der Waals surface area contributed by atoms with Crippen LogP contribution in [-0.2, 0) is 6.42 Å². The zero-order valence-corrected chi connectivity index (χ0v) is 16.3. The largest absolute Gasteiger partial charge is 0.322 e. The van der Waals surface area contributed by atoms with Gasteiger partial charge in [-0.2, -0.15) is 0 Å². The maximum absolute atomic E-state index is 12.9. The summed E-state index contributed by atoms with van der Waals surface area (Å²) in [5.74, 6) is -0.481. The van der Waals surface area contributed by atoms with Crippen LogP contribution in [0.4, 0.5) is 5.69 Å². The van der Waals surface area contributed by atoms with Gasteiger partial charge in [-0.25, -0.2) is 0 Å². The third-order valence-electron chi connectivity index (χ3n) is 4.82. The molecule has 1 N–H and O–H groups in total. The molecule has 4 aromatic rings. The van der Waals surface area contributed by atoms with Gasteiger partial charge in [-0.1, -0.05) is 60.7 Å². The summed E-state index contributed by atoms with van der Waals surface area (Å²) in [5.41, 5.74) is 4.29. The molecule has 0 aliphatic rings. The summed E-state index contributed by atoms with van der Waals surface area (Å²) in [6.45, 7) is 0. The lowest BCUT2D eigenvalue weighted by molar-refractivity contribution is 0.0996. The molecule has 0 aliphatic carbocycles. The first-order valence-corrected chi connectivity index (χ1v) is 9.69. The average Bonchev–Trinajstić information content (AvgIpc) is 2.81. The average molecular weight is 392 g/mol. The van der Waals surface area contributed by atoms with Gasteiger partial charge in [0.15, 0.2) is 5.78 Å². The number of hydrogen-bond donors (Lipinski definition) is 1. The number of pyridine rings is 1. The van der Waals surface area contributed by atoms with Crippen LogP contribution < -0.4 is 5.32 Å². The molecule has 0 saturated carbocycles. The highest BCUT2D eigenvalue weighted by molar-refractivity contribution is 6.17. The number of amides is 1. The lowest BCUT2D eigenvalue weighted by Crippen LogP contribution is -2.17. The zero-order chi connectivity index (χ0) is 20.8. The van der Waals surface area contributed by atoms with Crippen molar-refractivity contribution < 1.29 is 9.59 Å². The van der Waals surface area contributed by atoms with E-state index in [2.05, 4.69) is 10.3 Å². The maximum Gasteiger partial charge on any atom is 0.256 e. The van der Waals surface area contributed by atoms with Crippen LogP contribution in [0.5, 0.6) is 0 Å². The fraction of sp³-hybridized carbons (Fsp3) is 0.0385. The number of benzene rings is 3. The first kappa shape index (κ1) is 19.3. The fourth-order valence-electron chi connectivity index (χ4n) is 3.26. The topological polar surface area (TPSA) is 59.1 Å². The lowest BCUT2D eigenvalue weighted by atomic mass is 9.98. The van der Waals surface area contributed by atoms with Gasteiger partial charge in [0.25, 0.3) is 5.91 Å². The van der Waals surface area contributed by atoms with Crippen molar-refractivity contribution in [2.45, 2.75) is 6.42 Å². The molecule has 4 rings (SSSR count). The second-order valence-electron chi connectivity index (χ2n) is 6.92. The third-order valence-corrected chi connectivity index (χ3v) is 4.82. The van der Waals surface area contributed by atoms with Crippen molar-refractivity contribution in [3.05, 3.63) is 131 Å². The molecule has 0 bridgehead atoms. The molecule has 1 amide bonds. The molecule has 0 saturated heterocycles. The Morgan fingerprint density at radius 3 is 1.97 bits per heavy atom. The molecule has 0 atom stereocenters. The Hall–Kier alpha value is -4.05. The Morgan fingerprint density at radius 1 is 0.667 bits per heavy atom. The van der Waals surface area contributed by atoms with E-state index in [-0.39, 0.29) is 11.7 Å².